The van der Waals surface area contributed by atoms with E-state index in [1.54, 1.807) is 0 Å². The van der Waals surface area contributed by atoms with E-state index in [-0.39, 0.29) is 19.2 Å². The smallest absolute Gasteiger partial charge is 0.305 e. The first-order chi connectivity index (χ1) is 21.7. The van der Waals surface area contributed by atoms with Crippen molar-refractivity contribution in [2.24, 2.45) is 0 Å². The van der Waals surface area contributed by atoms with Gasteiger partial charge in [0.05, 0.1) is 6.61 Å². The Morgan fingerprint density at radius 1 is 0.568 bits per heavy atom. The highest BCUT2D eigenvalue weighted by Gasteiger charge is 2.38. The van der Waals surface area contributed by atoms with Crippen LogP contribution in [-0.2, 0) is 19.9 Å². The lowest BCUT2D eigenvalue weighted by atomic mass is 9.80. The summed E-state index contributed by atoms with van der Waals surface area (Å²) in [4.78, 5) is 12.4. The summed E-state index contributed by atoms with van der Waals surface area (Å²) >= 11 is 0. The van der Waals surface area contributed by atoms with Gasteiger partial charge in [-0.15, -0.1) is 0 Å². The van der Waals surface area contributed by atoms with Gasteiger partial charge in [-0.05, 0) is 23.1 Å². The van der Waals surface area contributed by atoms with E-state index in [0.29, 0.717) is 6.42 Å². The number of carbonyl (C=O) groups excluding carboxylic acids is 1. The second-order valence-corrected chi connectivity index (χ2v) is 12.1. The molecule has 0 unspecified atom stereocenters. The molecule has 0 aliphatic carbocycles. The second kappa shape index (κ2) is 21.7. The minimum Gasteiger partial charge on any atom is -0.463 e. The highest BCUT2D eigenvalue weighted by Crippen LogP contribution is 2.40. The Hall–Kier alpha value is -2.95. The molecule has 3 aromatic rings. The minimum absolute atomic E-state index is 0.0188. The van der Waals surface area contributed by atoms with Crippen molar-refractivity contribution >= 4 is 5.97 Å². The van der Waals surface area contributed by atoms with Crippen LogP contribution in [0.5, 0.6) is 0 Å². The fourth-order valence-corrected chi connectivity index (χ4v) is 5.94. The summed E-state index contributed by atoms with van der Waals surface area (Å²) in [5.41, 5.74) is 1.99. The number of benzene rings is 3. The summed E-state index contributed by atoms with van der Waals surface area (Å²) in [6.07, 6.45) is 18.9. The van der Waals surface area contributed by atoms with E-state index in [1.165, 1.54) is 83.5 Å². The number of aliphatic hydroxyl groups excluding tert-OH is 1. The SMILES string of the molecule is CCCCCCCCCCCCCCCCCC(=O)OC[C@H](O)COC(c1ccccc1)(c1ccccc1)c1ccccc1. The van der Waals surface area contributed by atoms with E-state index >= 15 is 0 Å². The normalized spacial score (nSPS) is 12.2. The van der Waals surface area contributed by atoms with Crippen molar-refractivity contribution < 1.29 is 19.4 Å². The Labute approximate surface area is 267 Å². The van der Waals surface area contributed by atoms with Crippen molar-refractivity contribution in [2.45, 2.75) is 121 Å². The maximum absolute atomic E-state index is 12.4. The average molecular weight is 601 g/mol. The number of rotatable bonds is 24. The summed E-state index contributed by atoms with van der Waals surface area (Å²) < 4.78 is 12.1. The molecule has 3 aromatic carbocycles. The molecule has 0 heterocycles. The summed E-state index contributed by atoms with van der Waals surface area (Å²) in [7, 11) is 0. The molecule has 0 saturated carbocycles. The van der Waals surface area contributed by atoms with Crippen molar-refractivity contribution in [2.75, 3.05) is 13.2 Å². The fourth-order valence-electron chi connectivity index (χ4n) is 5.94. The summed E-state index contributed by atoms with van der Waals surface area (Å²) in [6.45, 7) is 2.21. The molecular weight excluding hydrogens is 544 g/mol. The molecule has 44 heavy (non-hydrogen) atoms. The first kappa shape index (κ1) is 35.5. The second-order valence-electron chi connectivity index (χ2n) is 12.1. The van der Waals surface area contributed by atoms with E-state index < -0.39 is 11.7 Å². The van der Waals surface area contributed by atoms with E-state index in [2.05, 4.69) is 6.92 Å². The van der Waals surface area contributed by atoms with E-state index in [4.69, 9.17) is 9.47 Å². The van der Waals surface area contributed by atoms with Crippen LogP contribution in [0.4, 0.5) is 0 Å². The summed E-state index contributed by atoms with van der Waals surface area (Å²) in [6, 6.07) is 30.2. The van der Waals surface area contributed by atoms with Crippen LogP contribution < -0.4 is 0 Å². The molecule has 240 valence electrons. The lowest BCUT2D eigenvalue weighted by Crippen LogP contribution is -2.37. The van der Waals surface area contributed by atoms with Crippen LogP contribution in [0.1, 0.15) is 126 Å². The Morgan fingerprint density at radius 3 is 1.32 bits per heavy atom. The van der Waals surface area contributed by atoms with E-state index in [1.807, 2.05) is 91.0 Å². The molecule has 0 aliphatic rings. The van der Waals surface area contributed by atoms with Crippen molar-refractivity contribution in [3.8, 4) is 0 Å². The van der Waals surface area contributed by atoms with Gasteiger partial charge in [-0.1, -0.05) is 188 Å². The molecule has 0 amide bonds. The lowest BCUT2D eigenvalue weighted by Gasteiger charge is -2.36. The molecular formula is C40H56O4. The Morgan fingerprint density at radius 2 is 0.932 bits per heavy atom. The Bertz CT molecular complexity index is 1020. The molecule has 0 radical (unpaired) electrons. The molecule has 0 saturated heterocycles. The third-order valence-electron chi connectivity index (χ3n) is 8.45. The third kappa shape index (κ3) is 12.6. The number of hydrogen-bond donors (Lipinski definition) is 1. The number of carbonyl (C=O) groups is 1. The zero-order valence-electron chi connectivity index (χ0n) is 27.1. The van der Waals surface area contributed by atoms with Gasteiger partial charge in [0, 0.05) is 6.42 Å². The number of hydrogen-bond acceptors (Lipinski definition) is 4. The molecule has 4 nitrogen and oxygen atoms in total. The highest BCUT2D eigenvalue weighted by molar-refractivity contribution is 5.69. The number of ether oxygens (including phenoxy) is 2. The van der Waals surface area contributed by atoms with Crippen LogP contribution in [0.15, 0.2) is 91.0 Å². The van der Waals surface area contributed by atoms with Crippen LogP contribution in [0.3, 0.4) is 0 Å². The Balaban J connectivity index is 1.34. The largest absolute Gasteiger partial charge is 0.463 e. The standard InChI is InChI=1S/C40H56O4/c1-2-3-4-5-6-7-8-9-10-11-12-13-14-15-25-32-39(42)43-33-38(41)34-44-40(35-26-19-16-20-27-35,36-28-21-17-22-29-36)37-30-23-18-24-31-37/h16-24,26-31,38,41H,2-15,25,32-34H2,1H3/t38-/m0/s1. The molecule has 3 rings (SSSR count). The predicted octanol–water partition coefficient (Wildman–Crippen LogP) is 10.2. The fraction of sp³-hybridized carbons (Fsp3) is 0.525. The van der Waals surface area contributed by atoms with Crippen LogP contribution in [-0.4, -0.2) is 30.4 Å². The van der Waals surface area contributed by atoms with Crippen molar-refractivity contribution in [1.29, 1.82) is 0 Å². The number of unbranched alkanes of at least 4 members (excludes halogenated alkanes) is 14. The Kier molecular flexibility index (Phi) is 17.5. The van der Waals surface area contributed by atoms with Gasteiger partial charge in [-0.3, -0.25) is 4.79 Å². The molecule has 1 N–H and O–H groups in total. The van der Waals surface area contributed by atoms with Gasteiger partial charge >= 0.3 is 5.97 Å². The lowest BCUT2D eigenvalue weighted by molar-refractivity contribution is -0.149. The summed E-state index contributed by atoms with van der Waals surface area (Å²) in [5.74, 6) is -0.251. The van der Waals surface area contributed by atoms with E-state index in [0.717, 1.165) is 29.5 Å². The van der Waals surface area contributed by atoms with Gasteiger partial charge in [0.2, 0.25) is 0 Å². The molecule has 4 heteroatoms. The van der Waals surface area contributed by atoms with E-state index in [9.17, 15) is 9.90 Å². The van der Waals surface area contributed by atoms with Crippen LogP contribution in [0.25, 0.3) is 0 Å². The molecule has 0 fully saturated rings. The number of esters is 1. The van der Waals surface area contributed by atoms with Crippen LogP contribution in [0.2, 0.25) is 0 Å². The van der Waals surface area contributed by atoms with Gasteiger partial charge < -0.3 is 14.6 Å². The molecule has 0 spiro atoms. The maximum atomic E-state index is 12.4. The molecule has 0 aliphatic heterocycles. The predicted molar refractivity (Wildman–Crippen MR) is 182 cm³/mol. The molecule has 0 bridgehead atoms. The third-order valence-corrected chi connectivity index (χ3v) is 8.45. The van der Waals surface area contributed by atoms with Crippen molar-refractivity contribution in [1.82, 2.24) is 0 Å². The molecule has 0 aromatic heterocycles. The van der Waals surface area contributed by atoms with Gasteiger partial charge in [0.25, 0.3) is 0 Å². The maximum Gasteiger partial charge on any atom is 0.305 e. The zero-order chi connectivity index (χ0) is 31.1. The first-order valence-electron chi connectivity index (χ1n) is 17.3. The van der Waals surface area contributed by atoms with Gasteiger partial charge in [0.1, 0.15) is 18.3 Å². The van der Waals surface area contributed by atoms with Crippen molar-refractivity contribution in [3.05, 3.63) is 108 Å². The minimum atomic E-state index is -0.935. The van der Waals surface area contributed by atoms with Crippen molar-refractivity contribution in [3.63, 3.8) is 0 Å². The number of aliphatic hydroxyl groups is 1. The molecule has 1 atom stereocenters. The average Bonchev–Trinajstić information content (AvgIpc) is 3.07. The van der Waals surface area contributed by atoms with Gasteiger partial charge in [-0.2, -0.15) is 0 Å². The first-order valence-corrected chi connectivity index (χ1v) is 17.3. The van der Waals surface area contributed by atoms with Gasteiger partial charge in [0.15, 0.2) is 0 Å². The quantitative estimate of drug-likeness (QED) is 0.0631. The van der Waals surface area contributed by atoms with Gasteiger partial charge in [-0.25, -0.2) is 0 Å². The topological polar surface area (TPSA) is 55.8 Å². The van der Waals surface area contributed by atoms with Crippen LogP contribution in [0, 0.1) is 0 Å². The van der Waals surface area contributed by atoms with Crippen LogP contribution >= 0.6 is 0 Å². The monoisotopic (exact) mass is 600 g/mol. The highest BCUT2D eigenvalue weighted by atomic mass is 16.6. The summed E-state index contributed by atoms with van der Waals surface area (Å²) in [5, 5.41) is 10.8. The zero-order valence-corrected chi connectivity index (χ0v) is 27.1.